The minimum absolute atomic E-state index is 0.116. The molecule has 9 nitrogen and oxygen atoms in total. The Morgan fingerprint density at radius 3 is 2.61 bits per heavy atom. The van der Waals surface area contributed by atoms with Crippen LogP contribution in [0.1, 0.15) is 11.1 Å². The number of aryl methyl sites for hydroxylation is 1. The number of carbonyl (C=O) groups excluding carboxylic acids is 4. The number of hydrogen-bond acceptors (Lipinski definition) is 7. The molecule has 10 heteroatoms. The Bertz CT molecular complexity index is 1130. The number of amides is 4. The molecule has 1 N–H and O–H groups in total. The minimum Gasteiger partial charge on any atom is -0.546 e. The highest BCUT2D eigenvalue weighted by molar-refractivity contribution is 9.10. The molecule has 4 amide bonds. The fourth-order valence-electron chi connectivity index (χ4n) is 2.92. The number of rotatable bonds is 6. The molecule has 1 aliphatic rings. The van der Waals surface area contributed by atoms with Crippen molar-refractivity contribution in [3.05, 3.63) is 57.6 Å². The van der Waals surface area contributed by atoms with Crippen LogP contribution in [0, 0.1) is 6.92 Å². The van der Waals surface area contributed by atoms with Gasteiger partial charge in [-0.2, -0.15) is 0 Å². The van der Waals surface area contributed by atoms with Crippen molar-refractivity contribution in [1.29, 1.82) is 0 Å². The average molecular weight is 488 g/mol. The summed E-state index contributed by atoms with van der Waals surface area (Å²) in [5, 5.41) is 12.8. The van der Waals surface area contributed by atoms with Gasteiger partial charge in [-0.05, 0) is 64.3 Å². The van der Waals surface area contributed by atoms with E-state index in [-0.39, 0.29) is 17.1 Å². The normalized spacial score (nSPS) is 15.1. The predicted octanol–water partition coefficient (Wildman–Crippen LogP) is 1.56. The Morgan fingerprint density at radius 2 is 1.97 bits per heavy atom. The van der Waals surface area contributed by atoms with E-state index in [1.165, 1.54) is 25.3 Å². The first-order valence-electron chi connectivity index (χ1n) is 8.89. The van der Waals surface area contributed by atoms with Crippen LogP contribution in [0.25, 0.3) is 6.08 Å². The molecule has 160 valence electrons. The molecule has 2 aromatic carbocycles. The quantitative estimate of drug-likeness (QED) is 0.483. The lowest BCUT2D eigenvalue weighted by Crippen LogP contribution is -2.54. The van der Waals surface area contributed by atoms with Gasteiger partial charge in [0.1, 0.15) is 12.2 Å². The van der Waals surface area contributed by atoms with Gasteiger partial charge in [0.2, 0.25) is 0 Å². The van der Waals surface area contributed by atoms with E-state index in [4.69, 9.17) is 9.47 Å². The second kappa shape index (κ2) is 9.00. The molecule has 0 bridgehead atoms. The molecule has 1 fully saturated rings. The summed E-state index contributed by atoms with van der Waals surface area (Å²) >= 11 is 3.25. The molecule has 3 rings (SSSR count). The molecule has 0 aromatic heterocycles. The molecule has 0 unspecified atom stereocenters. The van der Waals surface area contributed by atoms with Crippen LogP contribution < -0.4 is 24.8 Å². The number of methoxy groups -OCH3 is 1. The zero-order chi connectivity index (χ0) is 22.7. The molecular weight excluding hydrogens is 472 g/mol. The van der Waals surface area contributed by atoms with Crippen molar-refractivity contribution in [2.45, 2.75) is 6.92 Å². The number of urea groups is 1. The lowest BCUT2D eigenvalue weighted by Gasteiger charge is -2.26. The van der Waals surface area contributed by atoms with Gasteiger partial charge in [0.15, 0.2) is 11.5 Å². The highest BCUT2D eigenvalue weighted by atomic mass is 79.9. The van der Waals surface area contributed by atoms with Gasteiger partial charge in [-0.3, -0.25) is 14.9 Å². The molecule has 0 atom stereocenters. The van der Waals surface area contributed by atoms with Gasteiger partial charge in [-0.25, -0.2) is 9.69 Å². The number of barbiturate groups is 1. The number of halogens is 1. The number of imide groups is 2. The predicted molar refractivity (Wildman–Crippen MR) is 111 cm³/mol. The Kier molecular flexibility index (Phi) is 6.40. The number of carboxylic acid groups (broad SMARTS) is 1. The maximum absolute atomic E-state index is 13.0. The third kappa shape index (κ3) is 4.75. The smallest absolute Gasteiger partial charge is 0.335 e. The lowest BCUT2D eigenvalue weighted by atomic mass is 10.1. The minimum atomic E-state index is -1.41. The van der Waals surface area contributed by atoms with E-state index in [2.05, 4.69) is 21.2 Å². The molecule has 31 heavy (non-hydrogen) atoms. The van der Waals surface area contributed by atoms with E-state index in [1.807, 2.05) is 13.0 Å². The lowest BCUT2D eigenvalue weighted by molar-refractivity contribution is -0.307. The highest BCUT2D eigenvalue weighted by Gasteiger charge is 2.36. The van der Waals surface area contributed by atoms with Crippen molar-refractivity contribution < 1.29 is 33.8 Å². The maximum Gasteiger partial charge on any atom is 0.335 e. The fourth-order valence-corrected chi connectivity index (χ4v) is 3.49. The number of anilines is 1. The van der Waals surface area contributed by atoms with E-state index < -0.39 is 30.4 Å². The summed E-state index contributed by atoms with van der Waals surface area (Å²) in [4.78, 5) is 49.2. The first kappa shape index (κ1) is 22.0. The molecule has 1 saturated heterocycles. The number of carbonyl (C=O) groups is 4. The molecule has 0 spiro atoms. The Labute approximate surface area is 185 Å². The summed E-state index contributed by atoms with van der Waals surface area (Å²) in [5.41, 5.74) is 1.27. The van der Waals surface area contributed by atoms with E-state index in [1.54, 1.807) is 18.2 Å². The van der Waals surface area contributed by atoms with Gasteiger partial charge >= 0.3 is 6.03 Å². The zero-order valence-electron chi connectivity index (χ0n) is 16.4. The van der Waals surface area contributed by atoms with E-state index in [9.17, 15) is 24.3 Å². The number of ether oxygens (including phenoxy) is 2. The van der Waals surface area contributed by atoms with Gasteiger partial charge in [0.05, 0.1) is 23.2 Å². The summed E-state index contributed by atoms with van der Waals surface area (Å²) in [6, 6.07) is 8.85. The standard InChI is InChI=1S/C21H17BrN2O7/c1-11-4-3-5-13(6-11)24-20(28)14(19(27)23-21(24)29)7-12-8-15(22)18(16(9-12)30-2)31-10-17(25)26/h3-9H,10H2,1-2H3,(H,25,26)(H,23,27,29)/p-1/b14-7-. The number of aliphatic carboxylic acids is 1. The van der Waals surface area contributed by atoms with E-state index in [0.717, 1.165) is 10.5 Å². The van der Waals surface area contributed by atoms with Crippen LogP contribution in [0.3, 0.4) is 0 Å². The largest absolute Gasteiger partial charge is 0.546 e. The van der Waals surface area contributed by atoms with Crippen LogP contribution in [-0.2, 0) is 14.4 Å². The van der Waals surface area contributed by atoms with Gasteiger partial charge in [-0.1, -0.05) is 12.1 Å². The van der Waals surface area contributed by atoms with Crippen LogP contribution in [0.15, 0.2) is 46.4 Å². The van der Waals surface area contributed by atoms with Crippen LogP contribution >= 0.6 is 15.9 Å². The fraction of sp³-hybridized carbons (Fsp3) is 0.143. The highest BCUT2D eigenvalue weighted by Crippen LogP contribution is 2.37. The number of nitrogens with one attached hydrogen (secondary N) is 1. The Morgan fingerprint density at radius 1 is 1.23 bits per heavy atom. The van der Waals surface area contributed by atoms with Gasteiger partial charge in [-0.15, -0.1) is 0 Å². The van der Waals surface area contributed by atoms with E-state index >= 15 is 0 Å². The SMILES string of the molecule is COc1cc(/C=C2/C(=O)NC(=O)N(c3cccc(C)c3)C2=O)cc(Br)c1OCC(=O)[O-]. The maximum atomic E-state index is 13.0. The van der Waals surface area contributed by atoms with Crippen molar-refractivity contribution in [3.8, 4) is 11.5 Å². The summed E-state index contributed by atoms with van der Waals surface area (Å²) in [5.74, 6) is -2.76. The number of carboxylic acids is 1. The molecule has 2 aromatic rings. The van der Waals surface area contributed by atoms with Crippen molar-refractivity contribution in [1.82, 2.24) is 5.32 Å². The molecule has 1 aliphatic heterocycles. The number of benzene rings is 2. The third-order valence-corrected chi connectivity index (χ3v) is 4.85. The van der Waals surface area contributed by atoms with Crippen LogP contribution in [0.4, 0.5) is 10.5 Å². The second-order valence-corrected chi connectivity index (χ2v) is 7.35. The van der Waals surface area contributed by atoms with Crippen LogP contribution in [0.5, 0.6) is 11.5 Å². The Hall–Kier alpha value is -3.66. The van der Waals surface area contributed by atoms with Crippen molar-refractivity contribution in [2.75, 3.05) is 18.6 Å². The number of hydrogen-bond donors (Lipinski definition) is 1. The molecular formula is C21H16BrN2O7-. The summed E-state index contributed by atoms with van der Waals surface area (Å²) < 4.78 is 10.7. The van der Waals surface area contributed by atoms with Gasteiger partial charge < -0.3 is 19.4 Å². The van der Waals surface area contributed by atoms with Crippen molar-refractivity contribution in [3.63, 3.8) is 0 Å². The Balaban J connectivity index is 2.00. The number of nitrogens with zero attached hydrogens (tertiary/aromatic N) is 1. The van der Waals surface area contributed by atoms with Crippen LogP contribution in [0.2, 0.25) is 0 Å². The summed E-state index contributed by atoms with van der Waals surface area (Å²) in [6.07, 6.45) is 1.29. The monoisotopic (exact) mass is 487 g/mol. The molecule has 0 radical (unpaired) electrons. The van der Waals surface area contributed by atoms with Crippen molar-refractivity contribution in [2.24, 2.45) is 0 Å². The van der Waals surface area contributed by atoms with Gasteiger partial charge in [0.25, 0.3) is 11.8 Å². The molecule has 1 heterocycles. The van der Waals surface area contributed by atoms with Crippen LogP contribution in [-0.4, -0.2) is 37.5 Å². The van der Waals surface area contributed by atoms with E-state index in [0.29, 0.717) is 15.7 Å². The molecule has 0 saturated carbocycles. The summed E-state index contributed by atoms with van der Waals surface area (Å²) in [6.45, 7) is 1.12. The van der Waals surface area contributed by atoms with Gasteiger partial charge in [0, 0.05) is 0 Å². The first-order valence-corrected chi connectivity index (χ1v) is 9.69. The third-order valence-electron chi connectivity index (χ3n) is 4.26. The topological polar surface area (TPSA) is 125 Å². The first-order chi connectivity index (χ1) is 14.7. The molecule has 0 aliphatic carbocycles. The summed E-state index contributed by atoms with van der Waals surface area (Å²) in [7, 11) is 1.35. The second-order valence-electron chi connectivity index (χ2n) is 6.49. The van der Waals surface area contributed by atoms with Crippen molar-refractivity contribution >= 4 is 51.5 Å². The zero-order valence-corrected chi connectivity index (χ0v) is 18.0. The average Bonchev–Trinajstić information content (AvgIpc) is 2.69.